The summed E-state index contributed by atoms with van der Waals surface area (Å²) in [5.41, 5.74) is 7.20. The van der Waals surface area contributed by atoms with Crippen LogP contribution >= 0.6 is 11.3 Å². The SMILES string of the molecule is CCOc1ccccc1N.CCOc1ccccc1Nc1ncnc2sc(CC)cc12. The summed E-state index contributed by atoms with van der Waals surface area (Å²) in [6, 6.07) is 17.5. The monoisotopic (exact) mass is 436 g/mol. The van der Waals surface area contributed by atoms with Crippen LogP contribution in [0.4, 0.5) is 17.2 Å². The zero-order chi connectivity index (χ0) is 22.1. The van der Waals surface area contributed by atoms with Gasteiger partial charge in [0.25, 0.3) is 0 Å². The first kappa shape index (κ1) is 22.4. The van der Waals surface area contributed by atoms with Crippen molar-refractivity contribution in [3.05, 3.63) is 65.8 Å². The Labute approximate surface area is 187 Å². The first-order chi connectivity index (χ1) is 15.2. The molecule has 3 N–H and O–H groups in total. The fourth-order valence-electron chi connectivity index (χ4n) is 2.93. The number of para-hydroxylation sites is 4. The number of nitrogens with one attached hydrogen (secondary N) is 1. The van der Waals surface area contributed by atoms with E-state index in [0.717, 1.165) is 39.6 Å². The third-order valence-corrected chi connectivity index (χ3v) is 5.58. The summed E-state index contributed by atoms with van der Waals surface area (Å²) in [6.07, 6.45) is 2.61. The number of aryl methyl sites for hydroxylation is 1. The smallest absolute Gasteiger partial charge is 0.142 e. The minimum absolute atomic E-state index is 0.635. The van der Waals surface area contributed by atoms with Gasteiger partial charge in [0.05, 0.1) is 30.0 Å². The molecule has 0 fully saturated rings. The van der Waals surface area contributed by atoms with Gasteiger partial charge in [0.15, 0.2) is 0 Å². The van der Waals surface area contributed by atoms with E-state index in [1.807, 2.05) is 62.4 Å². The van der Waals surface area contributed by atoms with E-state index in [2.05, 4.69) is 28.3 Å². The van der Waals surface area contributed by atoms with Crippen molar-refractivity contribution in [2.24, 2.45) is 0 Å². The van der Waals surface area contributed by atoms with E-state index in [1.165, 1.54) is 4.88 Å². The van der Waals surface area contributed by atoms with Gasteiger partial charge in [-0.1, -0.05) is 31.2 Å². The lowest BCUT2D eigenvalue weighted by atomic mass is 10.2. The van der Waals surface area contributed by atoms with Crippen molar-refractivity contribution in [1.82, 2.24) is 9.97 Å². The minimum atomic E-state index is 0.635. The zero-order valence-corrected chi connectivity index (χ0v) is 18.9. The zero-order valence-electron chi connectivity index (χ0n) is 18.1. The van der Waals surface area contributed by atoms with E-state index in [9.17, 15) is 0 Å². The van der Waals surface area contributed by atoms with Crippen molar-refractivity contribution in [3.8, 4) is 11.5 Å². The molecule has 2 aromatic carbocycles. The molecule has 0 unspecified atom stereocenters. The standard InChI is InChI=1S/C16H17N3OS.C8H11NO/c1-3-11-9-12-15(17-10-18-16(12)21-11)19-13-7-5-6-8-14(13)20-4-2;1-2-10-8-6-4-3-5-7(8)9/h5-10H,3-4H2,1-2H3,(H,17,18,19);3-6H,2,9H2,1H3. The van der Waals surface area contributed by atoms with Crippen LogP contribution in [0.3, 0.4) is 0 Å². The number of hydrogen-bond acceptors (Lipinski definition) is 7. The van der Waals surface area contributed by atoms with Gasteiger partial charge in [0.2, 0.25) is 0 Å². The second-order valence-electron chi connectivity index (χ2n) is 6.53. The Morgan fingerprint density at radius 1 is 0.903 bits per heavy atom. The highest BCUT2D eigenvalue weighted by molar-refractivity contribution is 7.18. The van der Waals surface area contributed by atoms with Crippen LogP contribution in [0.5, 0.6) is 11.5 Å². The quantitative estimate of drug-likeness (QED) is 0.343. The Bertz CT molecular complexity index is 1110. The van der Waals surface area contributed by atoms with Gasteiger partial charge in [-0.2, -0.15) is 0 Å². The maximum atomic E-state index is 5.64. The van der Waals surface area contributed by atoms with Gasteiger partial charge >= 0.3 is 0 Å². The summed E-state index contributed by atoms with van der Waals surface area (Å²) in [7, 11) is 0. The number of hydrogen-bond donors (Lipinski definition) is 2. The number of anilines is 3. The minimum Gasteiger partial charge on any atom is -0.492 e. The van der Waals surface area contributed by atoms with Crippen LogP contribution in [-0.2, 0) is 6.42 Å². The molecule has 4 rings (SSSR count). The molecule has 2 heterocycles. The second-order valence-corrected chi connectivity index (χ2v) is 7.65. The van der Waals surface area contributed by atoms with E-state index < -0.39 is 0 Å². The van der Waals surface area contributed by atoms with Gasteiger partial charge in [-0.05, 0) is 50.6 Å². The summed E-state index contributed by atoms with van der Waals surface area (Å²) in [4.78, 5) is 11.1. The molecular formula is C24H28N4O2S. The molecule has 0 atom stereocenters. The first-order valence-corrected chi connectivity index (χ1v) is 11.2. The molecule has 0 amide bonds. The molecule has 0 radical (unpaired) electrons. The molecule has 0 bridgehead atoms. The Morgan fingerprint density at radius 2 is 1.58 bits per heavy atom. The molecule has 0 spiro atoms. The number of benzene rings is 2. The summed E-state index contributed by atoms with van der Waals surface area (Å²) in [5.74, 6) is 2.42. The topological polar surface area (TPSA) is 82.3 Å². The van der Waals surface area contributed by atoms with Gasteiger partial charge in [-0.25, -0.2) is 9.97 Å². The third kappa shape index (κ3) is 5.86. The van der Waals surface area contributed by atoms with Crippen LogP contribution in [0.15, 0.2) is 60.9 Å². The van der Waals surface area contributed by atoms with Crippen LogP contribution in [0.2, 0.25) is 0 Å². The summed E-state index contributed by atoms with van der Waals surface area (Å²) < 4.78 is 10.9. The molecule has 0 aliphatic carbocycles. The molecule has 0 saturated carbocycles. The van der Waals surface area contributed by atoms with Crippen molar-refractivity contribution < 1.29 is 9.47 Å². The largest absolute Gasteiger partial charge is 0.492 e. The number of nitrogens with two attached hydrogens (primary N) is 1. The lowest BCUT2D eigenvalue weighted by Gasteiger charge is -2.11. The van der Waals surface area contributed by atoms with E-state index in [4.69, 9.17) is 15.2 Å². The van der Waals surface area contributed by atoms with E-state index in [0.29, 0.717) is 18.9 Å². The maximum Gasteiger partial charge on any atom is 0.142 e. The Balaban J connectivity index is 0.000000229. The van der Waals surface area contributed by atoms with Crippen LogP contribution < -0.4 is 20.5 Å². The molecule has 0 aliphatic rings. The van der Waals surface area contributed by atoms with Gasteiger partial charge in [0, 0.05) is 4.88 Å². The van der Waals surface area contributed by atoms with Gasteiger partial charge in [0.1, 0.15) is 28.5 Å². The number of ether oxygens (including phenoxy) is 2. The number of rotatable bonds is 7. The van der Waals surface area contributed by atoms with Crippen LogP contribution in [0, 0.1) is 0 Å². The van der Waals surface area contributed by atoms with Crippen molar-refractivity contribution >= 4 is 38.7 Å². The molecule has 31 heavy (non-hydrogen) atoms. The molecule has 0 aliphatic heterocycles. The summed E-state index contributed by atoms with van der Waals surface area (Å²) >= 11 is 1.71. The highest BCUT2D eigenvalue weighted by atomic mass is 32.1. The average molecular weight is 437 g/mol. The molecule has 162 valence electrons. The highest BCUT2D eigenvalue weighted by Gasteiger charge is 2.10. The predicted octanol–water partition coefficient (Wildman–Crippen LogP) is 6.06. The fourth-order valence-corrected chi connectivity index (χ4v) is 3.86. The van der Waals surface area contributed by atoms with Crippen molar-refractivity contribution in [3.63, 3.8) is 0 Å². The first-order valence-electron chi connectivity index (χ1n) is 10.4. The van der Waals surface area contributed by atoms with Crippen LogP contribution in [0.25, 0.3) is 10.2 Å². The van der Waals surface area contributed by atoms with Crippen LogP contribution in [-0.4, -0.2) is 23.2 Å². The molecule has 0 saturated heterocycles. The molecular weight excluding hydrogens is 408 g/mol. The maximum absolute atomic E-state index is 5.64. The normalized spacial score (nSPS) is 10.3. The summed E-state index contributed by atoms with van der Waals surface area (Å²) in [6.45, 7) is 7.36. The molecule has 7 heteroatoms. The number of nitrogen functional groups attached to an aromatic ring is 1. The van der Waals surface area contributed by atoms with Crippen LogP contribution in [0.1, 0.15) is 25.6 Å². The Kier molecular flexibility index (Phi) is 8.06. The lowest BCUT2D eigenvalue weighted by Crippen LogP contribution is -1.99. The van der Waals surface area contributed by atoms with Gasteiger partial charge in [-0.3, -0.25) is 0 Å². The lowest BCUT2D eigenvalue weighted by molar-refractivity contribution is 0.342. The number of aromatic nitrogens is 2. The number of thiophene rings is 1. The van der Waals surface area contributed by atoms with Crippen molar-refractivity contribution in [2.75, 3.05) is 24.3 Å². The van der Waals surface area contributed by atoms with Crippen molar-refractivity contribution in [2.45, 2.75) is 27.2 Å². The Morgan fingerprint density at radius 3 is 2.29 bits per heavy atom. The molecule has 6 nitrogen and oxygen atoms in total. The summed E-state index contributed by atoms with van der Waals surface area (Å²) in [5, 5.41) is 4.43. The number of nitrogens with zero attached hydrogens (tertiary/aromatic N) is 2. The number of fused-ring (bicyclic) bond motifs is 1. The Hall–Kier alpha value is -3.32. The van der Waals surface area contributed by atoms with Gasteiger partial charge in [-0.15, -0.1) is 11.3 Å². The average Bonchev–Trinajstić information content (AvgIpc) is 3.22. The van der Waals surface area contributed by atoms with Gasteiger partial charge < -0.3 is 20.5 Å². The second kappa shape index (κ2) is 11.2. The predicted molar refractivity (Wildman–Crippen MR) is 130 cm³/mol. The van der Waals surface area contributed by atoms with Crippen molar-refractivity contribution in [1.29, 1.82) is 0 Å². The third-order valence-electron chi connectivity index (χ3n) is 4.39. The molecule has 2 aromatic heterocycles. The molecule has 4 aromatic rings. The highest BCUT2D eigenvalue weighted by Crippen LogP contribution is 2.32. The van der Waals surface area contributed by atoms with E-state index in [1.54, 1.807) is 17.7 Å². The van der Waals surface area contributed by atoms with E-state index >= 15 is 0 Å². The van der Waals surface area contributed by atoms with E-state index in [-0.39, 0.29) is 0 Å². The fraction of sp³-hybridized carbons (Fsp3) is 0.250.